The number of nitrogens with one attached hydrogen (secondary N) is 1. The van der Waals surface area contributed by atoms with Crippen LogP contribution >= 0.6 is 0 Å². The lowest BCUT2D eigenvalue weighted by Crippen LogP contribution is -2.17. The molecular formula is C23H16F2N4O3. The van der Waals surface area contributed by atoms with Crippen molar-refractivity contribution < 1.29 is 22.8 Å². The third-order valence-corrected chi connectivity index (χ3v) is 4.69. The van der Waals surface area contributed by atoms with E-state index in [0.29, 0.717) is 17.5 Å². The molecule has 0 fully saturated rings. The first-order chi connectivity index (χ1) is 15.3. The molecule has 3 N–H and O–H groups in total. The first kappa shape index (κ1) is 20.9. The van der Waals surface area contributed by atoms with Crippen LogP contribution in [0.1, 0.15) is 26.3 Å². The minimum atomic E-state index is -1.11. The van der Waals surface area contributed by atoms with Crippen molar-refractivity contribution in [2.45, 2.75) is 6.92 Å². The fourth-order valence-electron chi connectivity index (χ4n) is 2.94. The van der Waals surface area contributed by atoms with Crippen LogP contribution in [0.3, 0.4) is 0 Å². The number of rotatable bonds is 5. The van der Waals surface area contributed by atoms with E-state index in [1.54, 1.807) is 12.1 Å². The standard InChI is InChI=1S/C23H16F2N4O3/c1-12-2-4-14(5-3-12)22-28-29-23(32-22)15-8-6-13(7-9-15)21(31)27-19-10-16(20(26)30)17(24)11-18(19)25/h2-11H,1H3,(H2,26,30)(H,27,31). The molecule has 7 nitrogen and oxygen atoms in total. The SMILES string of the molecule is Cc1ccc(-c2nnc(-c3ccc(C(=O)Nc4cc(C(N)=O)c(F)cc4F)cc3)o2)cc1. The van der Waals surface area contributed by atoms with Crippen molar-refractivity contribution in [3.8, 4) is 22.9 Å². The molecule has 160 valence electrons. The van der Waals surface area contributed by atoms with E-state index >= 15 is 0 Å². The minimum absolute atomic E-state index is 0.191. The van der Waals surface area contributed by atoms with Gasteiger partial charge in [0.05, 0.1) is 11.3 Å². The number of benzene rings is 3. The molecule has 0 unspecified atom stereocenters. The molecule has 0 spiro atoms. The van der Waals surface area contributed by atoms with Gasteiger partial charge in [0, 0.05) is 22.8 Å². The molecule has 4 rings (SSSR count). The predicted molar refractivity (Wildman–Crippen MR) is 113 cm³/mol. The van der Waals surface area contributed by atoms with Gasteiger partial charge in [0.25, 0.3) is 11.8 Å². The maximum absolute atomic E-state index is 14.0. The average molecular weight is 434 g/mol. The summed E-state index contributed by atoms with van der Waals surface area (Å²) >= 11 is 0. The highest BCUT2D eigenvalue weighted by Crippen LogP contribution is 2.25. The van der Waals surface area contributed by atoms with Crippen LogP contribution in [-0.4, -0.2) is 22.0 Å². The van der Waals surface area contributed by atoms with Crippen LogP contribution in [0.5, 0.6) is 0 Å². The maximum atomic E-state index is 14.0. The van der Waals surface area contributed by atoms with Crippen LogP contribution in [0, 0.1) is 18.6 Å². The van der Waals surface area contributed by atoms with Crippen LogP contribution in [0.4, 0.5) is 14.5 Å². The van der Waals surface area contributed by atoms with E-state index in [2.05, 4.69) is 15.5 Å². The molecular weight excluding hydrogens is 418 g/mol. The molecule has 0 saturated carbocycles. The first-order valence-corrected chi connectivity index (χ1v) is 9.43. The summed E-state index contributed by atoms with van der Waals surface area (Å²) < 4.78 is 33.3. The van der Waals surface area contributed by atoms with Crippen LogP contribution in [0.25, 0.3) is 22.9 Å². The highest BCUT2D eigenvalue weighted by molar-refractivity contribution is 6.05. The molecule has 0 bridgehead atoms. The van der Waals surface area contributed by atoms with Crippen LogP contribution in [-0.2, 0) is 0 Å². The molecule has 0 aliphatic rings. The fraction of sp³-hybridized carbons (Fsp3) is 0.0435. The number of nitrogens with two attached hydrogens (primary N) is 1. The molecule has 4 aromatic rings. The number of halogens is 2. The summed E-state index contributed by atoms with van der Waals surface area (Å²) in [7, 11) is 0. The number of nitrogens with zero attached hydrogens (tertiary/aromatic N) is 2. The largest absolute Gasteiger partial charge is 0.416 e. The van der Waals surface area contributed by atoms with E-state index in [9.17, 15) is 18.4 Å². The predicted octanol–water partition coefficient (Wildman–Crippen LogP) is 4.34. The highest BCUT2D eigenvalue weighted by Gasteiger charge is 2.17. The van der Waals surface area contributed by atoms with E-state index in [1.165, 1.54) is 12.1 Å². The second-order valence-corrected chi connectivity index (χ2v) is 6.99. The van der Waals surface area contributed by atoms with Gasteiger partial charge in [-0.25, -0.2) is 8.78 Å². The zero-order chi connectivity index (χ0) is 22.8. The quantitative estimate of drug-likeness (QED) is 0.485. The Morgan fingerprint density at radius 1 is 0.875 bits per heavy atom. The Bertz CT molecular complexity index is 1320. The Morgan fingerprint density at radius 2 is 1.44 bits per heavy atom. The van der Waals surface area contributed by atoms with Gasteiger partial charge in [-0.1, -0.05) is 17.7 Å². The molecule has 2 amide bonds. The molecule has 0 saturated heterocycles. The van der Waals surface area contributed by atoms with Gasteiger partial charge in [-0.2, -0.15) is 0 Å². The van der Waals surface area contributed by atoms with Crippen molar-refractivity contribution in [3.05, 3.63) is 89.0 Å². The number of carbonyl (C=O) groups excluding carboxylic acids is 2. The number of primary amides is 1. The monoisotopic (exact) mass is 434 g/mol. The molecule has 0 atom stereocenters. The fourth-order valence-corrected chi connectivity index (χ4v) is 2.94. The van der Waals surface area contributed by atoms with Gasteiger partial charge >= 0.3 is 0 Å². The van der Waals surface area contributed by atoms with Gasteiger partial charge in [-0.05, 0) is 49.4 Å². The number of hydrogen-bond acceptors (Lipinski definition) is 5. The Kier molecular flexibility index (Phi) is 5.46. The lowest BCUT2D eigenvalue weighted by molar-refractivity contribution is 0.0992. The summed E-state index contributed by atoms with van der Waals surface area (Å²) in [6.45, 7) is 1.97. The average Bonchev–Trinajstić information content (AvgIpc) is 3.26. The van der Waals surface area contributed by atoms with Gasteiger partial charge in [0.1, 0.15) is 11.6 Å². The smallest absolute Gasteiger partial charge is 0.255 e. The number of aromatic nitrogens is 2. The maximum Gasteiger partial charge on any atom is 0.255 e. The normalized spacial score (nSPS) is 10.7. The van der Waals surface area contributed by atoms with Gasteiger partial charge in [-0.15, -0.1) is 10.2 Å². The number of anilines is 1. The lowest BCUT2D eigenvalue weighted by atomic mass is 10.1. The third-order valence-electron chi connectivity index (χ3n) is 4.69. The lowest BCUT2D eigenvalue weighted by Gasteiger charge is -2.09. The van der Waals surface area contributed by atoms with E-state index in [-0.39, 0.29) is 17.1 Å². The Balaban J connectivity index is 1.52. The van der Waals surface area contributed by atoms with Crippen molar-refractivity contribution in [2.75, 3.05) is 5.32 Å². The van der Waals surface area contributed by atoms with E-state index in [1.807, 2.05) is 31.2 Å². The summed E-state index contributed by atoms with van der Waals surface area (Å²) in [6.07, 6.45) is 0. The van der Waals surface area contributed by atoms with Crippen molar-refractivity contribution in [2.24, 2.45) is 5.73 Å². The zero-order valence-electron chi connectivity index (χ0n) is 16.7. The van der Waals surface area contributed by atoms with Gasteiger partial charge in [0.15, 0.2) is 0 Å². The summed E-state index contributed by atoms with van der Waals surface area (Å²) in [6, 6.07) is 15.1. The summed E-state index contributed by atoms with van der Waals surface area (Å²) in [4.78, 5) is 23.7. The van der Waals surface area contributed by atoms with Crippen molar-refractivity contribution in [1.82, 2.24) is 10.2 Å². The van der Waals surface area contributed by atoms with Crippen molar-refractivity contribution in [3.63, 3.8) is 0 Å². The second-order valence-electron chi connectivity index (χ2n) is 6.99. The number of aryl methyl sites for hydroxylation is 1. The molecule has 0 radical (unpaired) electrons. The van der Waals surface area contributed by atoms with Gasteiger partial charge < -0.3 is 15.5 Å². The summed E-state index contributed by atoms with van der Waals surface area (Å²) in [5.41, 5.74) is 6.82. The number of hydrogen-bond donors (Lipinski definition) is 2. The zero-order valence-corrected chi connectivity index (χ0v) is 16.7. The van der Waals surface area contributed by atoms with Crippen molar-refractivity contribution >= 4 is 17.5 Å². The number of carbonyl (C=O) groups is 2. The molecule has 1 heterocycles. The van der Waals surface area contributed by atoms with Gasteiger partial charge in [-0.3, -0.25) is 9.59 Å². The Hall–Kier alpha value is -4.40. The Morgan fingerprint density at radius 3 is 2.00 bits per heavy atom. The molecule has 1 aromatic heterocycles. The highest BCUT2D eigenvalue weighted by atomic mass is 19.1. The van der Waals surface area contributed by atoms with E-state index < -0.39 is 29.0 Å². The first-order valence-electron chi connectivity index (χ1n) is 9.43. The van der Waals surface area contributed by atoms with Crippen LogP contribution < -0.4 is 11.1 Å². The van der Waals surface area contributed by atoms with E-state index in [0.717, 1.165) is 17.2 Å². The van der Waals surface area contributed by atoms with E-state index in [4.69, 9.17) is 10.2 Å². The molecule has 9 heteroatoms. The molecule has 0 aliphatic carbocycles. The second kappa shape index (κ2) is 8.38. The molecule has 0 aliphatic heterocycles. The number of amides is 2. The van der Waals surface area contributed by atoms with Gasteiger partial charge in [0.2, 0.25) is 11.8 Å². The van der Waals surface area contributed by atoms with Crippen molar-refractivity contribution in [1.29, 1.82) is 0 Å². The minimum Gasteiger partial charge on any atom is -0.416 e. The van der Waals surface area contributed by atoms with Crippen LogP contribution in [0.2, 0.25) is 0 Å². The van der Waals surface area contributed by atoms with Crippen LogP contribution in [0.15, 0.2) is 65.1 Å². The summed E-state index contributed by atoms with van der Waals surface area (Å²) in [5.74, 6) is -3.26. The Labute approximate surface area is 180 Å². The molecule has 3 aromatic carbocycles. The topological polar surface area (TPSA) is 111 Å². The summed E-state index contributed by atoms with van der Waals surface area (Å²) in [5, 5.41) is 10.4. The third kappa shape index (κ3) is 4.22. The molecule has 32 heavy (non-hydrogen) atoms.